The number of ether oxygens (including phenoxy) is 1. The lowest BCUT2D eigenvalue weighted by atomic mass is 9.78. The maximum atomic E-state index is 11.6. The van der Waals surface area contributed by atoms with Gasteiger partial charge in [0.1, 0.15) is 22.8 Å². The molecule has 28 heavy (non-hydrogen) atoms. The lowest BCUT2D eigenvalue weighted by Gasteiger charge is -2.41. The molecular weight excluding hydrogens is 360 g/mol. The van der Waals surface area contributed by atoms with Gasteiger partial charge in [-0.15, -0.1) is 0 Å². The topological polar surface area (TPSA) is 110 Å². The van der Waals surface area contributed by atoms with Crippen molar-refractivity contribution in [1.29, 1.82) is 0 Å². The molecular formula is C22H20O6. The van der Waals surface area contributed by atoms with Crippen molar-refractivity contribution >= 4 is 0 Å². The van der Waals surface area contributed by atoms with Crippen molar-refractivity contribution in [2.75, 3.05) is 0 Å². The molecule has 0 fully saturated rings. The lowest BCUT2D eigenvalue weighted by Crippen LogP contribution is -2.46. The van der Waals surface area contributed by atoms with Gasteiger partial charge in [0.25, 0.3) is 0 Å². The number of aromatic hydroxyl groups is 4. The number of hydrogen-bond donors (Lipinski definition) is 5. The molecule has 5 N–H and O–H groups in total. The van der Waals surface area contributed by atoms with Crippen LogP contribution in [0.15, 0.2) is 60.7 Å². The van der Waals surface area contributed by atoms with E-state index >= 15 is 0 Å². The molecule has 6 nitrogen and oxygen atoms in total. The van der Waals surface area contributed by atoms with Gasteiger partial charge in [-0.1, -0.05) is 36.4 Å². The Bertz CT molecular complexity index is 1020. The summed E-state index contributed by atoms with van der Waals surface area (Å²) in [4.78, 5) is 0. The first-order valence-corrected chi connectivity index (χ1v) is 8.85. The Kier molecular flexibility index (Phi) is 4.28. The molecule has 1 heterocycles. The van der Waals surface area contributed by atoms with Crippen molar-refractivity contribution in [3.8, 4) is 28.7 Å². The van der Waals surface area contributed by atoms with Crippen molar-refractivity contribution in [1.82, 2.24) is 0 Å². The van der Waals surface area contributed by atoms with E-state index in [1.165, 1.54) is 24.3 Å². The fourth-order valence-electron chi connectivity index (χ4n) is 3.72. The van der Waals surface area contributed by atoms with Gasteiger partial charge in [0, 0.05) is 30.5 Å². The number of rotatable bonds is 3. The lowest BCUT2D eigenvalue weighted by molar-refractivity contribution is -0.0765. The molecule has 1 aliphatic rings. The molecule has 144 valence electrons. The third-order valence-corrected chi connectivity index (χ3v) is 5.04. The highest BCUT2D eigenvalue weighted by Gasteiger charge is 2.45. The minimum Gasteiger partial charge on any atom is -0.508 e. The van der Waals surface area contributed by atoms with Gasteiger partial charge in [-0.2, -0.15) is 0 Å². The SMILES string of the molecule is Oc1cc(O)c2c(c1)O[C@H](c1ccc(O)c(O)c1)[C@](O)(Cc1ccccc1)C2. The predicted octanol–water partition coefficient (Wildman–Crippen LogP) is 3.16. The molecule has 0 aromatic heterocycles. The highest BCUT2D eigenvalue weighted by atomic mass is 16.5. The van der Waals surface area contributed by atoms with E-state index in [-0.39, 0.29) is 41.6 Å². The molecule has 0 saturated heterocycles. The Morgan fingerprint density at radius 3 is 2.32 bits per heavy atom. The van der Waals surface area contributed by atoms with Crippen molar-refractivity contribution < 1.29 is 30.3 Å². The summed E-state index contributed by atoms with van der Waals surface area (Å²) in [5, 5.41) is 51.2. The van der Waals surface area contributed by atoms with Crippen molar-refractivity contribution in [2.45, 2.75) is 24.5 Å². The van der Waals surface area contributed by atoms with Crippen LogP contribution < -0.4 is 4.74 Å². The normalized spacial score (nSPS) is 21.0. The third-order valence-electron chi connectivity index (χ3n) is 5.04. The Morgan fingerprint density at radius 2 is 1.61 bits per heavy atom. The van der Waals surface area contributed by atoms with E-state index in [9.17, 15) is 25.5 Å². The van der Waals surface area contributed by atoms with Gasteiger partial charge in [-0.05, 0) is 23.3 Å². The van der Waals surface area contributed by atoms with E-state index < -0.39 is 11.7 Å². The summed E-state index contributed by atoms with van der Waals surface area (Å²) < 4.78 is 6.00. The summed E-state index contributed by atoms with van der Waals surface area (Å²) in [6.45, 7) is 0. The molecule has 6 heteroatoms. The van der Waals surface area contributed by atoms with Gasteiger partial charge in [-0.3, -0.25) is 0 Å². The molecule has 0 amide bonds. The van der Waals surface area contributed by atoms with Crippen LogP contribution in [0.25, 0.3) is 0 Å². The number of phenols is 4. The number of benzene rings is 3. The van der Waals surface area contributed by atoms with E-state index in [1.54, 1.807) is 6.07 Å². The molecule has 2 atom stereocenters. The summed E-state index contributed by atoms with van der Waals surface area (Å²) in [5.74, 6) is -0.659. The first-order chi connectivity index (χ1) is 13.4. The first-order valence-electron chi connectivity index (χ1n) is 8.85. The predicted molar refractivity (Wildman–Crippen MR) is 102 cm³/mol. The van der Waals surface area contributed by atoms with Crippen molar-refractivity contribution in [3.05, 3.63) is 77.4 Å². The molecule has 0 aliphatic carbocycles. The molecule has 0 bridgehead atoms. The highest BCUT2D eigenvalue weighted by molar-refractivity contribution is 5.53. The zero-order valence-corrected chi connectivity index (χ0v) is 14.9. The molecule has 0 spiro atoms. The Labute approximate surface area is 161 Å². The van der Waals surface area contributed by atoms with E-state index in [2.05, 4.69) is 0 Å². The molecule has 0 unspecified atom stereocenters. The average Bonchev–Trinajstić information content (AvgIpc) is 2.65. The van der Waals surface area contributed by atoms with E-state index in [0.29, 0.717) is 11.1 Å². The van der Waals surface area contributed by atoms with Crippen LogP contribution in [0.2, 0.25) is 0 Å². The van der Waals surface area contributed by atoms with Gasteiger partial charge in [0.05, 0.1) is 0 Å². The Balaban J connectivity index is 1.82. The van der Waals surface area contributed by atoms with Gasteiger partial charge in [0.2, 0.25) is 0 Å². The standard InChI is InChI=1S/C22H20O6/c23-15-9-18(25)16-12-22(27,11-13-4-2-1-3-5-13)21(28-20(16)10-15)14-6-7-17(24)19(26)8-14/h1-10,21,23-27H,11-12H2/t21-,22+/m1/s1. The van der Waals surface area contributed by atoms with Crippen LogP contribution in [0.1, 0.15) is 22.8 Å². The maximum Gasteiger partial charge on any atom is 0.157 e. The summed E-state index contributed by atoms with van der Waals surface area (Å²) in [5.41, 5.74) is 0.299. The number of phenolic OH excluding ortho intramolecular Hbond substituents is 4. The van der Waals surface area contributed by atoms with Crippen LogP contribution in [-0.4, -0.2) is 31.1 Å². The molecule has 4 rings (SSSR count). The molecule has 3 aromatic rings. The van der Waals surface area contributed by atoms with Gasteiger partial charge >= 0.3 is 0 Å². The quantitative estimate of drug-likeness (QED) is 0.447. The summed E-state index contributed by atoms with van der Waals surface area (Å²) in [7, 11) is 0. The number of fused-ring (bicyclic) bond motifs is 1. The minimum absolute atomic E-state index is 0.0790. The number of aliphatic hydroxyl groups is 1. The number of hydrogen-bond acceptors (Lipinski definition) is 6. The molecule has 0 radical (unpaired) electrons. The van der Waals surface area contributed by atoms with Crippen molar-refractivity contribution in [3.63, 3.8) is 0 Å². The minimum atomic E-state index is -1.44. The van der Waals surface area contributed by atoms with Crippen LogP contribution >= 0.6 is 0 Å². The summed E-state index contributed by atoms with van der Waals surface area (Å²) in [6, 6.07) is 16.2. The Morgan fingerprint density at radius 1 is 0.857 bits per heavy atom. The molecule has 1 aliphatic heterocycles. The second kappa shape index (κ2) is 6.65. The van der Waals surface area contributed by atoms with Crippen LogP contribution in [0, 0.1) is 0 Å². The monoisotopic (exact) mass is 380 g/mol. The van der Waals surface area contributed by atoms with E-state index in [4.69, 9.17) is 4.74 Å². The summed E-state index contributed by atoms with van der Waals surface area (Å²) in [6.07, 6.45) is -0.580. The maximum absolute atomic E-state index is 11.6. The fourth-order valence-corrected chi connectivity index (χ4v) is 3.72. The first kappa shape index (κ1) is 18.0. The van der Waals surface area contributed by atoms with Crippen LogP contribution in [0.4, 0.5) is 0 Å². The second-order valence-corrected chi connectivity index (χ2v) is 7.13. The molecule has 3 aromatic carbocycles. The van der Waals surface area contributed by atoms with Crippen LogP contribution in [0.5, 0.6) is 28.7 Å². The van der Waals surface area contributed by atoms with Crippen LogP contribution in [-0.2, 0) is 12.8 Å². The highest BCUT2D eigenvalue weighted by Crippen LogP contribution is 2.48. The van der Waals surface area contributed by atoms with Crippen molar-refractivity contribution in [2.24, 2.45) is 0 Å². The fraction of sp³-hybridized carbons (Fsp3) is 0.182. The largest absolute Gasteiger partial charge is 0.508 e. The zero-order chi connectivity index (χ0) is 19.9. The van der Waals surface area contributed by atoms with Gasteiger partial charge in [0.15, 0.2) is 17.6 Å². The third kappa shape index (κ3) is 3.18. The van der Waals surface area contributed by atoms with E-state index in [1.807, 2.05) is 30.3 Å². The average molecular weight is 380 g/mol. The van der Waals surface area contributed by atoms with Crippen LogP contribution in [0.3, 0.4) is 0 Å². The van der Waals surface area contributed by atoms with Gasteiger partial charge < -0.3 is 30.3 Å². The Hall–Kier alpha value is -3.38. The van der Waals surface area contributed by atoms with E-state index in [0.717, 1.165) is 5.56 Å². The smallest absolute Gasteiger partial charge is 0.157 e. The zero-order valence-electron chi connectivity index (χ0n) is 14.9. The second-order valence-electron chi connectivity index (χ2n) is 7.13. The summed E-state index contributed by atoms with van der Waals surface area (Å²) >= 11 is 0. The van der Waals surface area contributed by atoms with Gasteiger partial charge in [-0.25, -0.2) is 0 Å². The molecule has 0 saturated carbocycles.